The van der Waals surface area contributed by atoms with Crippen molar-refractivity contribution in [2.24, 2.45) is 5.41 Å². The van der Waals surface area contributed by atoms with E-state index in [0.29, 0.717) is 29.8 Å². The number of rotatable bonds is 1. The van der Waals surface area contributed by atoms with Gasteiger partial charge in [-0.05, 0) is 42.2 Å². The van der Waals surface area contributed by atoms with Gasteiger partial charge in [-0.2, -0.15) is 5.26 Å². The van der Waals surface area contributed by atoms with Gasteiger partial charge in [-0.3, -0.25) is 14.2 Å². The van der Waals surface area contributed by atoms with Crippen LogP contribution in [-0.4, -0.2) is 10.4 Å². The van der Waals surface area contributed by atoms with Gasteiger partial charge < -0.3 is 0 Å². The second-order valence-electron chi connectivity index (χ2n) is 6.59. The van der Waals surface area contributed by atoms with E-state index in [0.717, 1.165) is 0 Å². The van der Waals surface area contributed by atoms with E-state index < -0.39 is 11.4 Å². The van der Waals surface area contributed by atoms with Crippen LogP contribution >= 0.6 is 0 Å². The van der Waals surface area contributed by atoms with Gasteiger partial charge in [-0.1, -0.05) is 13.8 Å². The van der Waals surface area contributed by atoms with E-state index in [1.807, 2.05) is 19.9 Å². The predicted molar refractivity (Wildman–Crippen MR) is 83.1 cm³/mol. The fourth-order valence-electron chi connectivity index (χ4n) is 3.06. The summed E-state index contributed by atoms with van der Waals surface area (Å²) in [4.78, 5) is 25.0. The van der Waals surface area contributed by atoms with E-state index >= 15 is 0 Å². The van der Waals surface area contributed by atoms with Crippen LogP contribution in [0.15, 0.2) is 35.1 Å². The van der Waals surface area contributed by atoms with Gasteiger partial charge in [-0.15, -0.1) is 0 Å². The molecule has 0 N–H and O–H groups in total. The number of carbonyl (C=O) groups excluding carboxylic acids is 1. The van der Waals surface area contributed by atoms with Crippen molar-refractivity contribution in [3.8, 4) is 11.8 Å². The lowest BCUT2D eigenvalue weighted by Crippen LogP contribution is -2.35. The number of hydrogen-bond acceptors (Lipinski definition) is 3. The van der Waals surface area contributed by atoms with Gasteiger partial charge in [0.15, 0.2) is 5.78 Å². The van der Waals surface area contributed by atoms with Crippen LogP contribution < -0.4 is 5.56 Å². The molecule has 0 spiro atoms. The first-order chi connectivity index (χ1) is 10.8. The van der Waals surface area contributed by atoms with Crippen molar-refractivity contribution in [2.45, 2.75) is 26.7 Å². The van der Waals surface area contributed by atoms with Gasteiger partial charge in [0.05, 0.1) is 0 Å². The molecule has 0 bridgehead atoms. The van der Waals surface area contributed by atoms with E-state index in [2.05, 4.69) is 0 Å². The Kier molecular flexibility index (Phi) is 3.41. The molecule has 0 amide bonds. The fourth-order valence-corrected chi connectivity index (χ4v) is 3.06. The monoisotopic (exact) mass is 310 g/mol. The minimum Gasteiger partial charge on any atom is -0.294 e. The number of aromatic nitrogens is 1. The highest BCUT2D eigenvalue weighted by molar-refractivity contribution is 5.99. The third-order valence-electron chi connectivity index (χ3n) is 4.09. The number of fused-ring (bicyclic) bond motifs is 1. The molecule has 0 atom stereocenters. The number of nitriles is 1. The van der Waals surface area contributed by atoms with Crippen molar-refractivity contribution in [2.75, 3.05) is 0 Å². The highest BCUT2D eigenvalue weighted by Gasteiger charge is 2.34. The molecule has 23 heavy (non-hydrogen) atoms. The third-order valence-corrected chi connectivity index (χ3v) is 4.09. The van der Waals surface area contributed by atoms with E-state index in [-0.39, 0.29) is 16.8 Å². The van der Waals surface area contributed by atoms with Crippen LogP contribution in [0.1, 0.15) is 41.9 Å². The zero-order chi connectivity index (χ0) is 16.8. The molecular formula is C18H15FN2O2. The molecule has 1 heterocycles. The lowest BCUT2D eigenvalue weighted by molar-refractivity contribution is 0.0909. The van der Waals surface area contributed by atoms with Gasteiger partial charge in [0.2, 0.25) is 0 Å². The molecule has 1 aliphatic rings. The van der Waals surface area contributed by atoms with Gasteiger partial charge in [0, 0.05) is 23.4 Å². The van der Waals surface area contributed by atoms with E-state index in [9.17, 15) is 19.2 Å². The van der Waals surface area contributed by atoms with Crippen LogP contribution in [0, 0.1) is 22.6 Å². The molecule has 4 nitrogen and oxygen atoms in total. The van der Waals surface area contributed by atoms with E-state index in [4.69, 9.17) is 0 Å². The number of benzene rings is 1. The average Bonchev–Trinajstić information content (AvgIpc) is 2.47. The molecule has 1 aromatic carbocycles. The first-order valence-corrected chi connectivity index (χ1v) is 7.30. The zero-order valence-electron chi connectivity index (χ0n) is 12.9. The average molecular weight is 310 g/mol. The number of halogens is 1. The van der Waals surface area contributed by atoms with Crippen LogP contribution in [0.2, 0.25) is 0 Å². The minimum atomic E-state index is -0.483. The molecule has 2 aromatic rings. The smallest absolute Gasteiger partial charge is 0.273 e. The van der Waals surface area contributed by atoms with Crippen molar-refractivity contribution in [1.82, 2.24) is 4.57 Å². The van der Waals surface area contributed by atoms with Crippen LogP contribution in [-0.2, 0) is 6.42 Å². The fraction of sp³-hybridized carbons (Fsp3) is 0.278. The van der Waals surface area contributed by atoms with Gasteiger partial charge >= 0.3 is 0 Å². The summed E-state index contributed by atoms with van der Waals surface area (Å²) in [5, 5.41) is 9.19. The Morgan fingerprint density at radius 3 is 2.43 bits per heavy atom. The molecule has 0 radical (unpaired) electrons. The molecule has 1 aromatic heterocycles. The normalized spacial score (nSPS) is 15.8. The maximum Gasteiger partial charge on any atom is 0.273 e. The summed E-state index contributed by atoms with van der Waals surface area (Å²) in [6.07, 6.45) is 0.902. The van der Waals surface area contributed by atoms with Crippen molar-refractivity contribution < 1.29 is 9.18 Å². The topological polar surface area (TPSA) is 62.9 Å². The second-order valence-corrected chi connectivity index (χ2v) is 6.59. The number of hydrogen-bond donors (Lipinski definition) is 0. The number of Topliss-reactive ketones (excluding diaryl/α,β-unsaturated/α-hetero) is 1. The Morgan fingerprint density at radius 2 is 1.83 bits per heavy atom. The largest absolute Gasteiger partial charge is 0.294 e. The highest BCUT2D eigenvalue weighted by Crippen LogP contribution is 2.35. The van der Waals surface area contributed by atoms with E-state index in [1.165, 1.54) is 34.9 Å². The van der Waals surface area contributed by atoms with Gasteiger partial charge in [0.25, 0.3) is 5.56 Å². The molecule has 0 saturated heterocycles. The minimum absolute atomic E-state index is 0.0800. The molecule has 0 saturated carbocycles. The Morgan fingerprint density at radius 1 is 1.17 bits per heavy atom. The number of ketones is 1. The van der Waals surface area contributed by atoms with Crippen molar-refractivity contribution in [3.05, 3.63) is 63.3 Å². The summed E-state index contributed by atoms with van der Waals surface area (Å²) >= 11 is 0. The highest BCUT2D eigenvalue weighted by atomic mass is 19.1. The quantitative estimate of drug-likeness (QED) is 0.813. The lowest BCUT2D eigenvalue weighted by Gasteiger charge is -2.32. The maximum atomic E-state index is 13.2. The Labute approximate surface area is 132 Å². The summed E-state index contributed by atoms with van der Waals surface area (Å²) in [7, 11) is 0. The summed E-state index contributed by atoms with van der Waals surface area (Å²) in [5.41, 5.74) is 0.610. The zero-order valence-corrected chi connectivity index (χ0v) is 12.9. The Hall–Kier alpha value is -2.74. The maximum absolute atomic E-state index is 13.2. The van der Waals surface area contributed by atoms with Crippen molar-refractivity contribution in [3.63, 3.8) is 0 Å². The van der Waals surface area contributed by atoms with E-state index in [1.54, 1.807) is 0 Å². The van der Waals surface area contributed by atoms with Crippen LogP contribution in [0.25, 0.3) is 5.69 Å². The molecule has 0 unspecified atom stereocenters. The molecule has 0 fully saturated rings. The first kappa shape index (κ1) is 15.2. The SMILES string of the molecule is CC1(C)CC(=O)c2cc(C#N)c(=O)n(-c3ccc(F)cc3)c2C1. The summed E-state index contributed by atoms with van der Waals surface area (Å²) in [5.74, 6) is -0.493. The van der Waals surface area contributed by atoms with Gasteiger partial charge in [-0.25, -0.2) is 4.39 Å². The molecule has 3 rings (SSSR count). The first-order valence-electron chi connectivity index (χ1n) is 7.30. The number of pyridine rings is 1. The lowest BCUT2D eigenvalue weighted by atomic mass is 9.75. The van der Waals surface area contributed by atoms with Crippen molar-refractivity contribution >= 4 is 5.78 Å². The van der Waals surface area contributed by atoms with Crippen molar-refractivity contribution in [1.29, 1.82) is 5.26 Å². The number of carbonyl (C=O) groups is 1. The predicted octanol–water partition coefficient (Wildman–Crippen LogP) is 3.00. The van der Waals surface area contributed by atoms with Crippen LogP contribution in [0.3, 0.4) is 0 Å². The Balaban J connectivity index is 2.36. The molecule has 116 valence electrons. The van der Waals surface area contributed by atoms with Gasteiger partial charge in [0.1, 0.15) is 17.4 Å². The standard InChI is InChI=1S/C18H15FN2O2/c1-18(2)8-15-14(16(22)9-18)7-11(10-20)17(23)21(15)13-5-3-12(19)4-6-13/h3-7H,8-9H2,1-2H3. The molecule has 5 heteroatoms. The number of nitrogens with zero attached hydrogens (tertiary/aromatic N) is 2. The molecular weight excluding hydrogens is 295 g/mol. The second kappa shape index (κ2) is 5.17. The third kappa shape index (κ3) is 2.57. The van der Waals surface area contributed by atoms with Crippen LogP contribution in [0.4, 0.5) is 4.39 Å². The van der Waals surface area contributed by atoms with Crippen LogP contribution in [0.5, 0.6) is 0 Å². The Bertz CT molecular complexity index is 902. The molecule has 1 aliphatic carbocycles. The summed E-state index contributed by atoms with van der Waals surface area (Å²) in [6.45, 7) is 3.93. The summed E-state index contributed by atoms with van der Waals surface area (Å²) < 4.78 is 14.5. The molecule has 0 aliphatic heterocycles. The summed E-state index contributed by atoms with van der Waals surface area (Å²) in [6, 6.07) is 8.69.